The summed E-state index contributed by atoms with van der Waals surface area (Å²) < 4.78 is 34.5. The molecule has 0 radical (unpaired) electrons. The van der Waals surface area contributed by atoms with E-state index in [1.165, 1.54) is 12.3 Å². The lowest BCUT2D eigenvalue weighted by atomic mass is 10.1. The zero-order valence-corrected chi connectivity index (χ0v) is 23.3. The number of aromatic amines is 1. The fourth-order valence-corrected chi connectivity index (χ4v) is 5.90. The Kier molecular flexibility index (Phi) is 7.26. The summed E-state index contributed by atoms with van der Waals surface area (Å²) in [5, 5.41) is 8.17. The molecular formula is C26H30ClN7O3S. The molecule has 1 fully saturated rings. The lowest BCUT2D eigenvalue weighted by molar-refractivity contribution is 0.0824. The maximum Gasteiger partial charge on any atom is 0.279 e. The van der Waals surface area contributed by atoms with Crippen LogP contribution >= 0.6 is 11.6 Å². The van der Waals surface area contributed by atoms with Gasteiger partial charge in [-0.15, -0.1) is 0 Å². The third-order valence-electron chi connectivity index (χ3n) is 6.68. The molecule has 1 saturated heterocycles. The standard InChI is InChI=1S/C26H30ClN7O3S/c1-15(2)34-11-8-19(9-12-34)37-26-23-17(4)31-32-25(23)29-24(30-26)18-5-6-21(20(27)14-18)33-38(35,36)22-13-16(3)7-10-28-22/h5-7,10,13-15,19,33H,8-9,11-12H2,1-4H3,(H,29,30,31,32). The van der Waals surface area contributed by atoms with E-state index in [1.54, 1.807) is 31.2 Å². The van der Waals surface area contributed by atoms with Crippen LogP contribution in [0.25, 0.3) is 22.4 Å². The Morgan fingerprint density at radius 1 is 1.13 bits per heavy atom. The first kappa shape index (κ1) is 26.3. The fourth-order valence-electron chi connectivity index (χ4n) is 4.50. The number of aryl methyl sites for hydroxylation is 2. The Hall–Kier alpha value is -3.28. The van der Waals surface area contributed by atoms with E-state index < -0.39 is 10.0 Å². The van der Waals surface area contributed by atoms with Gasteiger partial charge >= 0.3 is 0 Å². The van der Waals surface area contributed by atoms with Crippen molar-refractivity contribution in [3.8, 4) is 17.3 Å². The number of hydrogen-bond donors (Lipinski definition) is 2. The van der Waals surface area contributed by atoms with Gasteiger partial charge in [0.25, 0.3) is 10.0 Å². The second-order valence-corrected chi connectivity index (χ2v) is 11.9. The molecule has 4 aromatic rings. The highest BCUT2D eigenvalue weighted by molar-refractivity contribution is 7.92. The molecule has 0 aliphatic carbocycles. The average Bonchev–Trinajstić information content (AvgIpc) is 3.26. The predicted molar refractivity (Wildman–Crippen MR) is 147 cm³/mol. The van der Waals surface area contributed by atoms with Crippen molar-refractivity contribution in [2.45, 2.75) is 57.7 Å². The number of halogens is 1. The Labute approximate surface area is 226 Å². The smallest absolute Gasteiger partial charge is 0.279 e. The molecule has 5 rings (SSSR count). The number of ether oxygens (including phenoxy) is 1. The van der Waals surface area contributed by atoms with Gasteiger partial charge in [0.1, 0.15) is 11.5 Å². The Morgan fingerprint density at radius 3 is 2.58 bits per heavy atom. The molecule has 1 aliphatic rings. The second-order valence-electron chi connectivity index (χ2n) is 9.82. The Morgan fingerprint density at radius 2 is 1.89 bits per heavy atom. The van der Waals surface area contributed by atoms with Gasteiger partial charge in [0.05, 0.1) is 10.7 Å². The minimum absolute atomic E-state index is 0.0425. The maximum atomic E-state index is 12.8. The van der Waals surface area contributed by atoms with Gasteiger partial charge in [-0.25, -0.2) is 9.97 Å². The summed E-state index contributed by atoms with van der Waals surface area (Å²) in [6.07, 6.45) is 3.31. The summed E-state index contributed by atoms with van der Waals surface area (Å²) in [5.41, 5.74) is 2.94. The van der Waals surface area contributed by atoms with Crippen LogP contribution < -0.4 is 9.46 Å². The van der Waals surface area contributed by atoms with E-state index in [0.29, 0.717) is 29.0 Å². The maximum absolute atomic E-state index is 12.8. The van der Waals surface area contributed by atoms with Gasteiger partial charge < -0.3 is 9.64 Å². The first-order valence-electron chi connectivity index (χ1n) is 12.5. The number of nitrogens with zero attached hydrogens (tertiary/aromatic N) is 5. The molecule has 200 valence electrons. The Bertz CT molecular complexity index is 1580. The average molecular weight is 556 g/mol. The first-order chi connectivity index (χ1) is 18.1. The molecule has 0 bridgehead atoms. The van der Waals surface area contributed by atoms with E-state index in [9.17, 15) is 8.42 Å². The first-order valence-corrected chi connectivity index (χ1v) is 14.4. The number of sulfonamides is 1. The van der Waals surface area contributed by atoms with Gasteiger partial charge in [0.2, 0.25) is 5.88 Å². The fraction of sp³-hybridized carbons (Fsp3) is 0.385. The zero-order chi connectivity index (χ0) is 27.0. The van der Waals surface area contributed by atoms with E-state index in [4.69, 9.17) is 21.3 Å². The molecule has 2 N–H and O–H groups in total. The van der Waals surface area contributed by atoms with E-state index in [1.807, 2.05) is 6.92 Å². The second kappa shape index (κ2) is 10.5. The van der Waals surface area contributed by atoms with E-state index in [0.717, 1.165) is 42.6 Å². The number of pyridine rings is 1. The van der Waals surface area contributed by atoms with Crippen molar-refractivity contribution in [2.75, 3.05) is 17.8 Å². The molecule has 1 aromatic carbocycles. The number of benzene rings is 1. The van der Waals surface area contributed by atoms with Crippen LogP contribution in [0, 0.1) is 13.8 Å². The summed E-state index contributed by atoms with van der Waals surface area (Å²) in [6, 6.07) is 8.64. The number of fused-ring (bicyclic) bond motifs is 1. The van der Waals surface area contributed by atoms with Crippen LogP contribution in [0.5, 0.6) is 5.88 Å². The minimum atomic E-state index is -3.91. The van der Waals surface area contributed by atoms with Crippen molar-refractivity contribution >= 4 is 38.3 Å². The molecule has 0 spiro atoms. The van der Waals surface area contributed by atoms with Crippen LogP contribution in [0.15, 0.2) is 41.6 Å². The van der Waals surface area contributed by atoms with Gasteiger partial charge in [0.15, 0.2) is 16.5 Å². The molecule has 0 atom stereocenters. The predicted octanol–water partition coefficient (Wildman–Crippen LogP) is 4.74. The monoisotopic (exact) mass is 555 g/mol. The van der Waals surface area contributed by atoms with Crippen LogP contribution in [0.4, 0.5) is 5.69 Å². The summed E-state index contributed by atoms with van der Waals surface area (Å²) in [4.78, 5) is 15.8. The van der Waals surface area contributed by atoms with Crippen LogP contribution in [-0.4, -0.2) is 63.7 Å². The molecule has 12 heteroatoms. The van der Waals surface area contributed by atoms with Crippen molar-refractivity contribution in [3.63, 3.8) is 0 Å². The van der Waals surface area contributed by atoms with Crippen LogP contribution in [0.2, 0.25) is 5.02 Å². The zero-order valence-electron chi connectivity index (χ0n) is 21.7. The lowest BCUT2D eigenvalue weighted by Crippen LogP contribution is -2.41. The van der Waals surface area contributed by atoms with Gasteiger partial charge in [-0.3, -0.25) is 9.82 Å². The summed E-state index contributed by atoms with van der Waals surface area (Å²) in [7, 11) is -3.91. The minimum Gasteiger partial charge on any atom is -0.474 e. The van der Waals surface area contributed by atoms with Gasteiger partial charge in [0, 0.05) is 36.6 Å². The third-order valence-corrected chi connectivity index (χ3v) is 8.26. The number of anilines is 1. The summed E-state index contributed by atoms with van der Waals surface area (Å²) >= 11 is 6.50. The quantitative estimate of drug-likeness (QED) is 0.335. The van der Waals surface area contributed by atoms with Gasteiger partial charge in [-0.1, -0.05) is 11.6 Å². The summed E-state index contributed by atoms with van der Waals surface area (Å²) in [5.74, 6) is 0.862. The molecule has 0 amide bonds. The van der Waals surface area contributed by atoms with Gasteiger partial charge in [-0.2, -0.15) is 18.5 Å². The van der Waals surface area contributed by atoms with Crippen molar-refractivity contribution < 1.29 is 13.2 Å². The number of aromatic nitrogens is 5. The molecular weight excluding hydrogens is 526 g/mol. The van der Waals surface area contributed by atoms with Crippen LogP contribution in [0.3, 0.4) is 0 Å². The van der Waals surface area contributed by atoms with E-state index >= 15 is 0 Å². The van der Waals surface area contributed by atoms with Crippen molar-refractivity contribution in [1.82, 2.24) is 30.0 Å². The highest BCUT2D eigenvalue weighted by Crippen LogP contribution is 2.33. The number of piperidine rings is 1. The highest BCUT2D eigenvalue weighted by atomic mass is 35.5. The van der Waals surface area contributed by atoms with Crippen molar-refractivity contribution in [3.05, 3.63) is 52.8 Å². The third kappa shape index (κ3) is 5.45. The van der Waals surface area contributed by atoms with E-state index in [2.05, 4.69) is 43.6 Å². The molecule has 3 aromatic heterocycles. The molecule has 4 heterocycles. The SMILES string of the molecule is Cc1ccnc(S(=O)(=O)Nc2ccc(-c3nc(OC4CCN(C(C)C)CC4)c4c(C)[nH]nc4n3)cc2Cl)c1. The Balaban J connectivity index is 1.42. The molecule has 0 unspecified atom stereocenters. The molecule has 38 heavy (non-hydrogen) atoms. The van der Waals surface area contributed by atoms with Gasteiger partial charge in [-0.05, 0) is 76.4 Å². The number of nitrogens with one attached hydrogen (secondary N) is 2. The molecule has 0 saturated carbocycles. The number of likely N-dealkylation sites (tertiary alicyclic amines) is 1. The van der Waals surface area contributed by atoms with Crippen LogP contribution in [-0.2, 0) is 10.0 Å². The van der Waals surface area contributed by atoms with Crippen LogP contribution in [0.1, 0.15) is 37.9 Å². The summed E-state index contributed by atoms with van der Waals surface area (Å²) in [6.45, 7) is 10.1. The highest BCUT2D eigenvalue weighted by Gasteiger charge is 2.25. The molecule has 1 aliphatic heterocycles. The molecule has 10 nitrogen and oxygen atoms in total. The number of H-pyrrole nitrogens is 1. The normalized spacial score (nSPS) is 15.3. The number of rotatable bonds is 7. The number of hydrogen-bond acceptors (Lipinski definition) is 8. The topological polar surface area (TPSA) is 126 Å². The van der Waals surface area contributed by atoms with Crippen molar-refractivity contribution in [1.29, 1.82) is 0 Å². The lowest BCUT2D eigenvalue weighted by Gasteiger charge is -2.34. The van der Waals surface area contributed by atoms with E-state index in [-0.39, 0.29) is 21.8 Å². The largest absolute Gasteiger partial charge is 0.474 e. The van der Waals surface area contributed by atoms with Crippen molar-refractivity contribution in [2.24, 2.45) is 0 Å².